The Morgan fingerprint density at radius 1 is 0.950 bits per heavy atom. The standard InChI is InChI=1S/C17H23N3/c1-5-12(3)14-8-9-15(17-18-10-7-11-19-17)20-16(14)13(4)6-2/h7-13H,5-6H2,1-4H3. The van der Waals surface area contributed by atoms with Gasteiger partial charge in [0.1, 0.15) is 5.69 Å². The molecule has 0 saturated heterocycles. The van der Waals surface area contributed by atoms with E-state index < -0.39 is 0 Å². The molecule has 0 aliphatic rings. The van der Waals surface area contributed by atoms with Crippen LogP contribution in [0.4, 0.5) is 0 Å². The van der Waals surface area contributed by atoms with Crippen LogP contribution in [0.3, 0.4) is 0 Å². The molecule has 0 radical (unpaired) electrons. The molecule has 0 aliphatic heterocycles. The zero-order chi connectivity index (χ0) is 14.5. The summed E-state index contributed by atoms with van der Waals surface area (Å²) in [6.07, 6.45) is 5.74. The Bertz CT molecular complexity index is 551. The number of rotatable bonds is 5. The number of aromatic nitrogens is 3. The molecule has 106 valence electrons. The van der Waals surface area contributed by atoms with Crippen LogP contribution >= 0.6 is 0 Å². The van der Waals surface area contributed by atoms with Gasteiger partial charge in [0.2, 0.25) is 0 Å². The molecule has 0 spiro atoms. The summed E-state index contributed by atoms with van der Waals surface area (Å²) in [5.74, 6) is 1.70. The fourth-order valence-corrected chi connectivity index (χ4v) is 2.27. The van der Waals surface area contributed by atoms with Crippen molar-refractivity contribution in [1.29, 1.82) is 0 Å². The zero-order valence-electron chi connectivity index (χ0n) is 12.8. The van der Waals surface area contributed by atoms with Crippen molar-refractivity contribution < 1.29 is 0 Å². The Balaban J connectivity index is 2.49. The van der Waals surface area contributed by atoms with Crippen molar-refractivity contribution in [2.75, 3.05) is 0 Å². The van der Waals surface area contributed by atoms with Crippen LogP contribution in [-0.4, -0.2) is 15.0 Å². The van der Waals surface area contributed by atoms with E-state index in [1.165, 1.54) is 11.3 Å². The summed E-state index contributed by atoms with van der Waals surface area (Å²) in [7, 11) is 0. The predicted octanol–water partition coefficient (Wildman–Crippen LogP) is 4.57. The first-order valence-electron chi connectivity index (χ1n) is 7.45. The summed E-state index contributed by atoms with van der Waals surface area (Å²) in [5.41, 5.74) is 3.43. The third-order valence-electron chi connectivity index (χ3n) is 3.97. The lowest BCUT2D eigenvalue weighted by Crippen LogP contribution is -2.06. The molecular formula is C17H23N3. The minimum absolute atomic E-state index is 0.461. The third-order valence-corrected chi connectivity index (χ3v) is 3.97. The van der Waals surface area contributed by atoms with Crippen LogP contribution in [-0.2, 0) is 0 Å². The summed E-state index contributed by atoms with van der Waals surface area (Å²) in [5, 5.41) is 0. The van der Waals surface area contributed by atoms with Crippen LogP contribution in [0.2, 0.25) is 0 Å². The topological polar surface area (TPSA) is 38.7 Å². The minimum atomic E-state index is 0.461. The maximum atomic E-state index is 4.86. The van der Waals surface area contributed by atoms with E-state index in [4.69, 9.17) is 4.98 Å². The van der Waals surface area contributed by atoms with Crippen molar-refractivity contribution >= 4 is 0 Å². The van der Waals surface area contributed by atoms with Gasteiger partial charge in [-0.1, -0.05) is 33.8 Å². The summed E-state index contributed by atoms with van der Waals surface area (Å²) < 4.78 is 0. The average molecular weight is 269 g/mol. The van der Waals surface area contributed by atoms with Gasteiger partial charge in [0.05, 0.1) is 0 Å². The van der Waals surface area contributed by atoms with Gasteiger partial charge in [-0.05, 0) is 42.4 Å². The number of hydrogen-bond acceptors (Lipinski definition) is 3. The number of nitrogens with zero attached hydrogens (tertiary/aromatic N) is 3. The molecule has 0 bridgehead atoms. The van der Waals surface area contributed by atoms with Crippen molar-refractivity contribution in [3.8, 4) is 11.5 Å². The van der Waals surface area contributed by atoms with Crippen LogP contribution in [0, 0.1) is 0 Å². The molecule has 2 heterocycles. The molecule has 20 heavy (non-hydrogen) atoms. The zero-order valence-corrected chi connectivity index (χ0v) is 12.8. The highest BCUT2D eigenvalue weighted by Crippen LogP contribution is 2.30. The highest BCUT2D eigenvalue weighted by atomic mass is 14.9. The van der Waals surface area contributed by atoms with E-state index in [2.05, 4.69) is 43.7 Å². The molecule has 0 aromatic carbocycles. The SMILES string of the molecule is CCC(C)c1ccc(-c2ncccn2)nc1C(C)CC. The first kappa shape index (κ1) is 14.6. The van der Waals surface area contributed by atoms with Gasteiger partial charge in [0.15, 0.2) is 5.82 Å². The number of hydrogen-bond donors (Lipinski definition) is 0. The normalized spacial score (nSPS) is 14.0. The summed E-state index contributed by atoms with van der Waals surface area (Å²) in [6.45, 7) is 8.93. The van der Waals surface area contributed by atoms with E-state index in [-0.39, 0.29) is 0 Å². The molecule has 0 N–H and O–H groups in total. The Labute approximate surface area is 121 Å². The molecule has 2 unspecified atom stereocenters. The van der Waals surface area contributed by atoms with E-state index in [1.54, 1.807) is 12.4 Å². The average Bonchev–Trinajstić information content (AvgIpc) is 2.53. The van der Waals surface area contributed by atoms with Gasteiger partial charge in [-0.15, -0.1) is 0 Å². The first-order chi connectivity index (χ1) is 9.67. The Morgan fingerprint density at radius 3 is 2.20 bits per heavy atom. The van der Waals surface area contributed by atoms with Gasteiger partial charge in [-0.25, -0.2) is 15.0 Å². The van der Waals surface area contributed by atoms with Crippen molar-refractivity contribution in [2.24, 2.45) is 0 Å². The second kappa shape index (κ2) is 6.60. The molecule has 2 atom stereocenters. The largest absolute Gasteiger partial charge is 0.249 e. The molecule has 3 heteroatoms. The molecule has 2 aromatic rings. The van der Waals surface area contributed by atoms with Crippen molar-refractivity contribution in [1.82, 2.24) is 15.0 Å². The van der Waals surface area contributed by atoms with E-state index in [9.17, 15) is 0 Å². The van der Waals surface area contributed by atoms with E-state index >= 15 is 0 Å². The fourth-order valence-electron chi connectivity index (χ4n) is 2.27. The maximum Gasteiger partial charge on any atom is 0.178 e. The fraction of sp³-hybridized carbons (Fsp3) is 0.471. The molecule has 0 fully saturated rings. The van der Waals surface area contributed by atoms with Crippen LogP contribution in [0.15, 0.2) is 30.6 Å². The molecule has 0 aliphatic carbocycles. The summed E-state index contributed by atoms with van der Waals surface area (Å²) in [4.78, 5) is 13.5. The second-order valence-electron chi connectivity index (χ2n) is 5.36. The van der Waals surface area contributed by atoms with Crippen molar-refractivity contribution in [3.05, 3.63) is 41.9 Å². The van der Waals surface area contributed by atoms with Gasteiger partial charge in [-0.2, -0.15) is 0 Å². The van der Waals surface area contributed by atoms with E-state index in [1.807, 2.05) is 12.1 Å². The van der Waals surface area contributed by atoms with Crippen LogP contribution < -0.4 is 0 Å². The lowest BCUT2D eigenvalue weighted by atomic mass is 9.90. The van der Waals surface area contributed by atoms with E-state index in [0.717, 1.165) is 18.5 Å². The maximum absolute atomic E-state index is 4.86. The Kier molecular flexibility index (Phi) is 4.83. The van der Waals surface area contributed by atoms with Gasteiger partial charge >= 0.3 is 0 Å². The van der Waals surface area contributed by atoms with Gasteiger partial charge in [0.25, 0.3) is 0 Å². The van der Waals surface area contributed by atoms with Crippen molar-refractivity contribution in [3.63, 3.8) is 0 Å². The van der Waals surface area contributed by atoms with Crippen LogP contribution in [0.25, 0.3) is 11.5 Å². The Morgan fingerprint density at radius 2 is 1.60 bits per heavy atom. The summed E-state index contributed by atoms with van der Waals surface area (Å²) >= 11 is 0. The minimum Gasteiger partial charge on any atom is -0.249 e. The third kappa shape index (κ3) is 3.03. The summed E-state index contributed by atoms with van der Waals surface area (Å²) in [6, 6.07) is 6.07. The smallest absolute Gasteiger partial charge is 0.178 e. The monoisotopic (exact) mass is 269 g/mol. The van der Waals surface area contributed by atoms with Crippen LogP contribution in [0.5, 0.6) is 0 Å². The quantitative estimate of drug-likeness (QED) is 0.798. The van der Waals surface area contributed by atoms with E-state index in [0.29, 0.717) is 17.7 Å². The second-order valence-corrected chi connectivity index (χ2v) is 5.36. The highest BCUT2D eigenvalue weighted by molar-refractivity contribution is 5.50. The van der Waals surface area contributed by atoms with Gasteiger partial charge in [-0.3, -0.25) is 0 Å². The predicted molar refractivity (Wildman–Crippen MR) is 82.7 cm³/mol. The van der Waals surface area contributed by atoms with Crippen molar-refractivity contribution in [2.45, 2.75) is 52.4 Å². The lowest BCUT2D eigenvalue weighted by Gasteiger charge is -2.19. The van der Waals surface area contributed by atoms with Crippen LogP contribution in [0.1, 0.15) is 63.6 Å². The molecule has 2 rings (SSSR count). The first-order valence-corrected chi connectivity index (χ1v) is 7.45. The molecule has 3 nitrogen and oxygen atoms in total. The molecule has 0 saturated carbocycles. The Hall–Kier alpha value is -1.77. The number of pyridine rings is 1. The van der Waals surface area contributed by atoms with Gasteiger partial charge < -0.3 is 0 Å². The highest BCUT2D eigenvalue weighted by Gasteiger charge is 2.16. The molecule has 0 amide bonds. The van der Waals surface area contributed by atoms with Gasteiger partial charge in [0, 0.05) is 18.1 Å². The lowest BCUT2D eigenvalue weighted by molar-refractivity contribution is 0.656. The molecule has 2 aromatic heterocycles. The molecular weight excluding hydrogens is 246 g/mol.